The summed E-state index contributed by atoms with van der Waals surface area (Å²) in [6.45, 7) is 0.536. The summed E-state index contributed by atoms with van der Waals surface area (Å²) in [5, 5.41) is 13.8. The number of aromatic nitrogens is 1. The van der Waals surface area contributed by atoms with Crippen LogP contribution in [0.2, 0.25) is 0 Å². The fourth-order valence-electron chi connectivity index (χ4n) is 2.75. The first kappa shape index (κ1) is 19.4. The molecule has 0 saturated heterocycles. The molecule has 0 bridgehead atoms. The van der Waals surface area contributed by atoms with Crippen molar-refractivity contribution in [3.05, 3.63) is 65.9 Å². The Kier molecular flexibility index (Phi) is 6.93. The summed E-state index contributed by atoms with van der Waals surface area (Å²) in [5.74, 6) is -0.832. The molecule has 0 saturated carbocycles. The second kappa shape index (κ2) is 8.94. The first-order chi connectivity index (χ1) is 11.7. The monoisotopic (exact) mass is 376 g/mol. The van der Waals surface area contributed by atoms with Gasteiger partial charge in [0.1, 0.15) is 6.04 Å². The Morgan fingerprint density at radius 2 is 1.92 bits per heavy atom. The summed E-state index contributed by atoms with van der Waals surface area (Å²) >= 11 is 1.69. The lowest BCUT2D eigenvalue weighted by Gasteiger charge is -2.14. The number of carboxylic acid groups (broad SMARTS) is 1. The average molecular weight is 377 g/mol. The highest BCUT2D eigenvalue weighted by Gasteiger charge is 2.19. The number of thioether (sulfide) groups is 1. The van der Waals surface area contributed by atoms with Gasteiger partial charge in [0.15, 0.2) is 0 Å². The summed E-state index contributed by atoms with van der Waals surface area (Å²) < 4.78 is 0. The Labute approximate surface area is 157 Å². The SMILES string of the molecule is CSc1ccc(CNC(Cc2c[nH]c3ccccc23)C(=O)O)cc1.Cl. The zero-order valence-electron chi connectivity index (χ0n) is 13.9. The van der Waals surface area contributed by atoms with Gasteiger partial charge in [0, 0.05) is 35.0 Å². The van der Waals surface area contributed by atoms with Crippen LogP contribution >= 0.6 is 24.2 Å². The van der Waals surface area contributed by atoms with Crippen LogP contribution < -0.4 is 5.32 Å². The standard InChI is InChI=1S/C19H20N2O2S.ClH/c1-24-15-8-6-13(7-9-15)11-20-18(19(22)23)10-14-12-21-17-5-3-2-4-16(14)17;/h2-9,12,18,20-21H,10-11H2,1H3,(H,22,23);1H. The number of halogens is 1. The van der Waals surface area contributed by atoms with Crippen molar-refractivity contribution in [2.45, 2.75) is 23.9 Å². The number of fused-ring (bicyclic) bond motifs is 1. The van der Waals surface area contributed by atoms with Crippen LogP contribution in [0.4, 0.5) is 0 Å². The quantitative estimate of drug-likeness (QED) is 0.543. The predicted molar refractivity (Wildman–Crippen MR) is 106 cm³/mol. The van der Waals surface area contributed by atoms with Crippen molar-refractivity contribution < 1.29 is 9.90 Å². The van der Waals surface area contributed by atoms with Crippen LogP contribution in [-0.4, -0.2) is 28.4 Å². The van der Waals surface area contributed by atoms with E-state index in [1.54, 1.807) is 11.8 Å². The normalized spacial score (nSPS) is 11.9. The first-order valence-electron chi connectivity index (χ1n) is 7.81. The van der Waals surface area contributed by atoms with Crippen molar-refractivity contribution in [3.8, 4) is 0 Å². The fraction of sp³-hybridized carbons (Fsp3) is 0.211. The van der Waals surface area contributed by atoms with Crippen LogP contribution in [0.1, 0.15) is 11.1 Å². The molecule has 0 aliphatic carbocycles. The molecule has 3 aromatic rings. The molecule has 1 heterocycles. The van der Waals surface area contributed by atoms with Crippen LogP contribution in [0.5, 0.6) is 0 Å². The number of aromatic amines is 1. The zero-order valence-corrected chi connectivity index (χ0v) is 15.5. The van der Waals surface area contributed by atoms with E-state index in [4.69, 9.17) is 0 Å². The van der Waals surface area contributed by atoms with E-state index in [1.165, 1.54) is 4.90 Å². The van der Waals surface area contributed by atoms with Crippen molar-refractivity contribution in [1.29, 1.82) is 0 Å². The van der Waals surface area contributed by atoms with Crippen LogP contribution in [0, 0.1) is 0 Å². The summed E-state index contributed by atoms with van der Waals surface area (Å²) in [7, 11) is 0. The molecule has 0 fully saturated rings. The van der Waals surface area contributed by atoms with E-state index < -0.39 is 12.0 Å². The van der Waals surface area contributed by atoms with Crippen molar-refractivity contribution in [1.82, 2.24) is 10.3 Å². The molecule has 1 atom stereocenters. The molecular formula is C19H21ClN2O2S. The van der Waals surface area contributed by atoms with Crippen molar-refractivity contribution in [3.63, 3.8) is 0 Å². The summed E-state index contributed by atoms with van der Waals surface area (Å²) in [6.07, 6.45) is 4.38. The van der Waals surface area contributed by atoms with Crippen molar-refractivity contribution in [2.24, 2.45) is 0 Å². The molecule has 1 aromatic heterocycles. The first-order valence-corrected chi connectivity index (χ1v) is 9.04. The summed E-state index contributed by atoms with van der Waals surface area (Å²) in [5.41, 5.74) is 3.13. The van der Waals surface area contributed by atoms with Crippen molar-refractivity contribution >= 4 is 41.0 Å². The van der Waals surface area contributed by atoms with Gasteiger partial charge in [0.25, 0.3) is 0 Å². The number of hydrogen-bond donors (Lipinski definition) is 3. The van der Waals surface area contributed by atoms with E-state index in [-0.39, 0.29) is 12.4 Å². The summed E-state index contributed by atoms with van der Waals surface area (Å²) in [6, 6.07) is 15.5. The second-order valence-corrected chi connectivity index (χ2v) is 6.56. The van der Waals surface area contributed by atoms with Gasteiger partial charge >= 0.3 is 5.97 Å². The van der Waals surface area contributed by atoms with E-state index in [1.807, 2.05) is 48.9 Å². The molecule has 132 valence electrons. The highest BCUT2D eigenvalue weighted by atomic mass is 35.5. The van der Waals surface area contributed by atoms with Gasteiger partial charge < -0.3 is 15.4 Å². The lowest BCUT2D eigenvalue weighted by Crippen LogP contribution is -2.38. The molecular weight excluding hydrogens is 356 g/mol. The fourth-order valence-corrected chi connectivity index (χ4v) is 3.16. The lowest BCUT2D eigenvalue weighted by molar-refractivity contribution is -0.139. The van der Waals surface area contributed by atoms with Gasteiger partial charge in [0.05, 0.1) is 0 Å². The van der Waals surface area contributed by atoms with E-state index in [0.29, 0.717) is 13.0 Å². The number of carbonyl (C=O) groups is 1. The van der Waals surface area contributed by atoms with E-state index >= 15 is 0 Å². The molecule has 2 aromatic carbocycles. The lowest BCUT2D eigenvalue weighted by atomic mass is 10.0. The minimum Gasteiger partial charge on any atom is -0.480 e. The Morgan fingerprint density at radius 1 is 1.20 bits per heavy atom. The largest absolute Gasteiger partial charge is 0.480 e. The number of benzene rings is 2. The zero-order chi connectivity index (χ0) is 16.9. The third-order valence-electron chi connectivity index (χ3n) is 4.11. The maximum Gasteiger partial charge on any atom is 0.321 e. The molecule has 4 nitrogen and oxygen atoms in total. The van der Waals surface area contributed by atoms with Crippen LogP contribution in [0.15, 0.2) is 59.6 Å². The molecule has 0 radical (unpaired) electrons. The number of nitrogens with one attached hydrogen (secondary N) is 2. The topological polar surface area (TPSA) is 65.1 Å². The predicted octanol–water partition coefficient (Wildman–Crippen LogP) is 4.10. The Hall–Kier alpha value is -1.95. The van der Waals surface area contributed by atoms with Crippen molar-refractivity contribution in [2.75, 3.05) is 6.26 Å². The van der Waals surface area contributed by atoms with Gasteiger partial charge in [0.2, 0.25) is 0 Å². The molecule has 1 unspecified atom stereocenters. The highest BCUT2D eigenvalue weighted by molar-refractivity contribution is 7.98. The number of hydrogen-bond acceptors (Lipinski definition) is 3. The number of para-hydroxylation sites is 1. The number of aliphatic carboxylic acids is 1. The number of carboxylic acids is 1. The Balaban J connectivity index is 0.00000225. The minimum atomic E-state index is -0.832. The number of H-pyrrole nitrogens is 1. The second-order valence-electron chi connectivity index (χ2n) is 5.68. The van der Waals surface area contributed by atoms with Crippen LogP contribution in [0.25, 0.3) is 10.9 Å². The molecule has 0 spiro atoms. The molecule has 0 aliphatic heterocycles. The number of rotatable bonds is 7. The third kappa shape index (κ3) is 4.78. The third-order valence-corrected chi connectivity index (χ3v) is 4.85. The average Bonchev–Trinajstić information content (AvgIpc) is 3.02. The molecule has 0 aliphatic rings. The van der Waals surface area contributed by atoms with Gasteiger partial charge in [-0.25, -0.2) is 0 Å². The summed E-state index contributed by atoms with van der Waals surface area (Å²) in [4.78, 5) is 16.0. The van der Waals surface area contributed by atoms with E-state index in [9.17, 15) is 9.90 Å². The maximum absolute atomic E-state index is 11.6. The van der Waals surface area contributed by atoms with Gasteiger partial charge in [-0.3, -0.25) is 4.79 Å². The van der Waals surface area contributed by atoms with E-state index in [2.05, 4.69) is 22.4 Å². The maximum atomic E-state index is 11.6. The Morgan fingerprint density at radius 3 is 2.60 bits per heavy atom. The molecule has 25 heavy (non-hydrogen) atoms. The van der Waals surface area contributed by atoms with Gasteiger partial charge in [-0.2, -0.15) is 0 Å². The highest BCUT2D eigenvalue weighted by Crippen LogP contribution is 2.19. The van der Waals surface area contributed by atoms with Crippen LogP contribution in [0.3, 0.4) is 0 Å². The van der Waals surface area contributed by atoms with Gasteiger partial charge in [-0.05, 0) is 35.6 Å². The molecule has 0 amide bonds. The van der Waals surface area contributed by atoms with Gasteiger partial charge in [-0.1, -0.05) is 30.3 Å². The Bertz CT molecular complexity index is 833. The molecule has 6 heteroatoms. The minimum absolute atomic E-state index is 0. The molecule has 3 N–H and O–H groups in total. The molecule has 3 rings (SSSR count). The smallest absolute Gasteiger partial charge is 0.321 e. The van der Waals surface area contributed by atoms with E-state index in [0.717, 1.165) is 22.0 Å². The van der Waals surface area contributed by atoms with Crippen LogP contribution in [-0.2, 0) is 17.8 Å². The van der Waals surface area contributed by atoms with Gasteiger partial charge in [-0.15, -0.1) is 24.2 Å².